The zero-order valence-electron chi connectivity index (χ0n) is 15.3. The van der Waals surface area contributed by atoms with Crippen LogP contribution in [0, 0.1) is 19.8 Å². The van der Waals surface area contributed by atoms with Gasteiger partial charge >= 0.3 is 0 Å². The Morgan fingerprint density at radius 1 is 1.08 bits per heavy atom. The van der Waals surface area contributed by atoms with Gasteiger partial charge in [-0.1, -0.05) is 19.3 Å². The molecule has 2 aliphatic rings. The molecule has 2 heterocycles. The predicted molar refractivity (Wildman–Crippen MR) is 95.9 cm³/mol. The average molecular weight is 332 g/mol. The van der Waals surface area contributed by atoms with Gasteiger partial charge in [0, 0.05) is 44.8 Å². The molecule has 1 aliphatic carbocycles. The second-order valence-electron chi connectivity index (χ2n) is 7.58. The molecule has 5 heteroatoms. The second kappa shape index (κ2) is 8.15. The van der Waals surface area contributed by atoms with Crippen molar-refractivity contribution in [3.8, 4) is 0 Å². The van der Waals surface area contributed by atoms with E-state index in [0.29, 0.717) is 11.8 Å². The largest absolute Gasteiger partial charge is 0.340 e. The third-order valence-corrected chi connectivity index (χ3v) is 5.64. The van der Waals surface area contributed by atoms with Crippen LogP contribution in [0.2, 0.25) is 0 Å². The smallest absolute Gasteiger partial charge is 0.222 e. The van der Waals surface area contributed by atoms with Crippen molar-refractivity contribution in [3.63, 3.8) is 0 Å². The molecule has 3 rings (SSSR count). The van der Waals surface area contributed by atoms with Crippen molar-refractivity contribution in [2.75, 3.05) is 32.7 Å². The lowest BCUT2D eigenvalue weighted by Gasteiger charge is -2.35. The van der Waals surface area contributed by atoms with Crippen LogP contribution in [0.15, 0.2) is 6.07 Å². The Bertz CT molecular complexity index is 540. The van der Waals surface area contributed by atoms with Crippen LogP contribution in [-0.4, -0.2) is 58.2 Å². The van der Waals surface area contributed by atoms with Gasteiger partial charge in [0.1, 0.15) is 0 Å². The van der Waals surface area contributed by atoms with Gasteiger partial charge in [0.05, 0.1) is 12.2 Å². The first-order valence-electron chi connectivity index (χ1n) is 9.63. The fourth-order valence-corrected chi connectivity index (χ4v) is 4.13. The van der Waals surface area contributed by atoms with Crippen molar-refractivity contribution in [1.29, 1.82) is 0 Å². The molecule has 5 nitrogen and oxygen atoms in total. The van der Waals surface area contributed by atoms with Gasteiger partial charge in [-0.05, 0) is 38.7 Å². The number of carbonyl (C=O) groups is 1. The van der Waals surface area contributed by atoms with E-state index in [2.05, 4.69) is 32.6 Å². The summed E-state index contributed by atoms with van der Waals surface area (Å²) < 4.78 is 2.09. The summed E-state index contributed by atoms with van der Waals surface area (Å²) in [5.41, 5.74) is 2.32. The van der Waals surface area contributed by atoms with Gasteiger partial charge in [-0.25, -0.2) is 0 Å². The third kappa shape index (κ3) is 4.59. The van der Waals surface area contributed by atoms with E-state index in [9.17, 15) is 4.79 Å². The number of hydrogen-bond donors (Lipinski definition) is 0. The second-order valence-corrected chi connectivity index (χ2v) is 7.58. The highest BCUT2D eigenvalue weighted by atomic mass is 16.2. The van der Waals surface area contributed by atoms with Gasteiger partial charge in [-0.3, -0.25) is 14.4 Å². The third-order valence-electron chi connectivity index (χ3n) is 5.64. The van der Waals surface area contributed by atoms with E-state index in [1.807, 2.05) is 6.92 Å². The molecular weight excluding hydrogens is 300 g/mol. The maximum absolute atomic E-state index is 12.5. The molecule has 0 aromatic carbocycles. The summed E-state index contributed by atoms with van der Waals surface area (Å²) in [7, 11) is 0. The van der Waals surface area contributed by atoms with Gasteiger partial charge in [-0.15, -0.1) is 0 Å². The summed E-state index contributed by atoms with van der Waals surface area (Å²) in [6.45, 7) is 9.89. The van der Waals surface area contributed by atoms with Crippen molar-refractivity contribution in [2.24, 2.45) is 5.92 Å². The van der Waals surface area contributed by atoms with Crippen LogP contribution in [0.4, 0.5) is 0 Å². The standard InChI is InChI=1S/C19H32N4O/c1-16-14-17(2)23(20-16)13-10-21-8-11-22(12-9-21)19(24)15-18-6-4-3-5-7-18/h14,18H,3-13,15H2,1-2H3. The summed E-state index contributed by atoms with van der Waals surface area (Å²) in [4.78, 5) is 17.0. The lowest BCUT2D eigenvalue weighted by atomic mass is 9.86. The molecule has 1 saturated carbocycles. The lowest BCUT2D eigenvalue weighted by Crippen LogP contribution is -2.49. The van der Waals surface area contributed by atoms with E-state index in [1.165, 1.54) is 37.8 Å². The van der Waals surface area contributed by atoms with Crippen molar-refractivity contribution < 1.29 is 4.79 Å². The van der Waals surface area contributed by atoms with Crippen molar-refractivity contribution in [1.82, 2.24) is 19.6 Å². The zero-order valence-corrected chi connectivity index (χ0v) is 15.3. The average Bonchev–Trinajstić information content (AvgIpc) is 2.92. The topological polar surface area (TPSA) is 41.4 Å². The van der Waals surface area contributed by atoms with E-state index in [4.69, 9.17) is 0 Å². The Labute approximate surface area is 146 Å². The number of carbonyl (C=O) groups excluding carboxylic acids is 1. The fourth-order valence-electron chi connectivity index (χ4n) is 4.13. The normalized spacial score (nSPS) is 20.5. The molecule has 24 heavy (non-hydrogen) atoms. The van der Waals surface area contributed by atoms with E-state index in [0.717, 1.165) is 51.4 Å². The van der Waals surface area contributed by atoms with Crippen LogP contribution in [0.5, 0.6) is 0 Å². The van der Waals surface area contributed by atoms with Crippen LogP contribution in [-0.2, 0) is 11.3 Å². The number of aromatic nitrogens is 2. The number of amides is 1. The minimum absolute atomic E-state index is 0.389. The van der Waals surface area contributed by atoms with E-state index < -0.39 is 0 Å². The predicted octanol–water partition coefficient (Wildman–Crippen LogP) is 2.61. The highest BCUT2D eigenvalue weighted by Gasteiger charge is 2.24. The number of hydrogen-bond acceptors (Lipinski definition) is 3. The number of piperazine rings is 1. The molecule has 1 aromatic heterocycles. The molecule has 0 radical (unpaired) electrons. The van der Waals surface area contributed by atoms with Crippen LogP contribution in [0.25, 0.3) is 0 Å². The highest BCUT2D eigenvalue weighted by Crippen LogP contribution is 2.27. The van der Waals surface area contributed by atoms with Gasteiger partial charge in [0.25, 0.3) is 0 Å². The monoisotopic (exact) mass is 332 g/mol. The van der Waals surface area contributed by atoms with Gasteiger partial charge in [-0.2, -0.15) is 5.10 Å². The molecular formula is C19H32N4O. The van der Waals surface area contributed by atoms with E-state index >= 15 is 0 Å². The molecule has 0 atom stereocenters. The number of aryl methyl sites for hydroxylation is 2. The van der Waals surface area contributed by atoms with Gasteiger partial charge in [0.15, 0.2) is 0 Å². The van der Waals surface area contributed by atoms with Crippen LogP contribution >= 0.6 is 0 Å². The molecule has 0 unspecified atom stereocenters. The molecule has 134 valence electrons. The van der Waals surface area contributed by atoms with E-state index in [-0.39, 0.29) is 0 Å². The lowest BCUT2D eigenvalue weighted by molar-refractivity contribution is -0.134. The Morgan fingerprint density at radius 2 is 1.79 bits per heavy atom. The SMILES string of the molecule is Cc1cc(C)n(CCN2CCN(C(=O)CC3CCCCC3)CC2)n1. The molecule has 1 aromatic rings. The first-order chi connectivity index (χ1) is 11.6. The molecule has 1 amide bonds. The molecule has 0 spiro atoms. The van der Waals surface area contributed by atoms with Crippen molar-refractivity contribution in [3.05, 3.63) is 17.5 Å². The van der Waals surface area contributed by atoms with Crippen LogP contribution in [0.3, 0.4) is 0 Å². The highest BCUT2D eigenvalue weighted by molar-refractivity contribution is 5.76. The first kappa shape index (κ1) is 17.5. The number of rotatable bonds is 5. The maximum atomic E-state index is 12.5. The molecule has 0 bridgehead atoms. The Balaban J connectivity index is 1.38. The molecule has 2 fully saturated rings. The van der Waals surface area contributed by atoms with Crippen LogP contribution < -0.4 is 0 Å². The molecule has 0 N–H and O–H groups in total. The van der Waals surface area contributed by atoms with Gasteiger partial charge in [0.2, 0.25) is 5.91 Å². The summed E-state index contributed by atoms with van der Waals surface area (Å²) in [5, 5.41) is 4.53. The van der Waals surface area contributed by atoms with E-state index in [1.54, 1.807) is 0 Å². The van der Waals surface area contributed by atoms with Gasteiger partial charge < -0.3 is 4.90 Å². The summed E-state index contributed by atoms with van der Waals surface area (Å²) >= 11 is 0. The Hall–Kier alpha value is -1.36. The molecule has 1 saturated heterocycles. The quantitative estimate of drug-likeness (QED) is 0.832. The summed E-state index contributed by atoms with van der Waals surface area (Å²) in [6, 6.07) is 2.13. The molecule has 1 aliphatic heterocycles. The summed E-state index contributed by atoms with van der Waals surface area (Å²) in [6.07, 6.45) is 7.29. The summed E-state index contributed by atoms with van der Waals surface area (Å²) in [5.74, 6) is 1.04. The minimum atomic E-state index is 0.389. The minimum Gasteiger partial charge on any atom is -0.340 e. The Morgan fingerprint density at radius 3 is 2.42 bits per heavy atom. The van der Waals surface area contributed by atoms with Crippen molar-refractivity contribution >= 4 is 5.91 Å². The van der Waals surface area contributed by atoms with Crippen molar-refractivity contribution in [2.45, 2.75) is 58.9 Å². The zero-order chi connectivity index (χ0) is 16.9. The fraction of sp³-hybridized carbons (Fsp3) is 0.789. The first-order valence-corrected chi connectivity index (χ1v) is 9.63. The maximum Gasteiger partial charge on any atom is 0.222 e. The Kier molecular flexibility index (Phi) is 5.93. The van der Waals surface area contributed by atoms with Crippen LogP contribution in [0.1, 0.15) is 49.9 Å². The number of nitrogens with zero attached hydrogens (tertiary/aromatic N) is 4.